The van der Waals surface area contributed by atoms with Gasteiger partial charge in [-0.1, -0.05) is 36.4 Å². The highest BCUT2D eigenvalue weighted by molar-refractivity contribution is 9.10. The molecule has 0 bridgehead atoms. The van der Waals surface area contributed by atoms with Crippen LogP contribution in [0, 0.1) is 0 Å². The Balaban J connectivity index is 2.08. The Bertz CT molecular complexity index is 582. The van der Waals surface area contributed by atoms with E-state index in [1.165, 1.54) is 0 Å². The van der Waals surface area contributed by atoms with E-state index in [4.69, 9.17) is 9.47 Å². The van der Waals surface area contributed by atoms with Crippen LogP contribution in [0.3, 0.4) is 0 Å². The quantitative estimate of drug-likeness (QED) is 0.773. The van der Waals surface area contributed by atoms with Gasteiger partial charge >= 0.3 is 5.97 Å². The molecule has 0 aliphatic heterocycles. The largest absolute Gasteiger partial charge is 0.481 e. The Morgan fingerprint density at radius 3 is 2.50 bits per heavy atom. The van der Waals surface area contributed by atoms with Gasteiger partial charge in [0.2, 0.25) is 0 Å². The first-order valence-electron chi connectivity index (χ1n) is 6.34. The van der Waals surface area contributed by atoms with Crippen molar-refractivity contribution < 1.29 is 14.3 Å². The van der Waals surface area contributed by atoms with Crippen molar-refractivity contribution in [2.45, 2.75) is 6.92 Å². The number of esters is 1. The number of benzene rings is 2. The maximum atomic E-state index is 11.3. The van der Waals surface area contributed by atoms with E-state index in [0.717, 1.165) is 15.6 Å². The van der Waals surface area contributed by atoms with Crippen molar-refractivity contribution in [3.8, 4) is 16.9 Å². The number of ether oxygens (including phenoxy) is 2. The number of carbonyl (C=O) groups is 1. The van der Waals surface area contributed by atoms with E-state index >= 15 is 0 Å². The second-order valence-electron chi connectivity index (χ2n) is 4.10. The molecule has 0 saturated heterocycles. The summed E-state index contributed by atoms with van der Waals surface area (Å²) in [6, 6.07) is 15.8. The molecule has 0 spiro atoms. The van der Waals surface area contributed by atoms with Gasteiger partial charge in [-0.25, -0.2) is 4.79 Å². The molecule has 0 aromatic heterocycles. The molecule has 0 unspecified atom stereocenters. The Morgan fingerprint density at radius 2 is 1.85 bits per heavy atom. The zero-order valence-electron chi connectivity index (χ0n) is 11.1. The standard InChI is InChI=1S/C16H15BrO3/c1-2-19-16(18)11-20-15-9-8-13(10-14(15)17)12-6-4-3-5-7-12/h3-10H,2,11H2,1H3. The average molecular weight is 335 g/mol. The maximum absolute atomic E-state index is 11.3. The predicted octanol–water partition coefficient (Wildman–Crippen LogP) is 4.06. The molecule has 0 fully saturated rings. The fourth-order valence-electron chi connectivity index (χ4n) is 1.77. The molecule has 0 saturated carbocycles. The van der Waals surface area contributed by atoms with Crippen molar-refractivity contribution in [3.05, 3.63) is 53.0 Å². The van der Waals surface area contributed by atoms with Crippen LogP contribution < -0.4 is 4.74 Å². The molecule has 0 aliphatic carbocycles. The second-order valence-corrected chi connectivity index (χ2v) is 4.96. The van der Waals surface area contributed by atoms with Gasteiger partial charge < -0.3 is 9.47 Å². The van der Waals surface area contributed by atoms with Gasteiger partial charge in [-0.2, -0.15) is 0 Å². The van der Waals surface area contributed by atoms with Gasteiger partial charge in [0, 0.05) is 0 Å². The molecule has 104 valence electrons. The Labute approximate surface area is 126 Å². The van der Waals surface area contributed by atoms with Crippen LogP contribution in [0.1, 0.15) is 6.92 Å². The third-order valence-corrected chi connectivity index (χ3v) is 3.31. The molecule has 0 atom stereocenters. The predicted molar refractivity (Wildman–Crippen MR) is 81.7 cm³/mol. The summed E-state index contributed by atoms with van der Waals surface area (Å²) in [6.07, 6.45) is 0. The van der Waals surface area contributed by atoms with Crippen molar-refractivity contribution in [2.24, 2.45) is 0 Å². The first kappa shape index (κ1) is 14.6. The SMILES string of the molecule is CCOC(=O)COc1ccc(-c2ccccc2)cc1Br. The number of hydrogen-bond acceptors (Lipinski definition) is 3. The summed E-state index contributed by atoms with van der Waals surface area (Å²) >= 11 is 3.46. The Kier molecular flexibility index (Phi) is 5.18. The minimum Gasteiger partial charge on any atom is -0.481 e. The molecule has 20 heavy (non-hydrogen) atoms. The lowest BCUT2D eigenvalue weighted by molar-refractivity contribution is -0.145. The van der Waals surface area contributed by atoms with E-state index in [2.05, 4.69) is 15.9 Å². The smallest absolute Gasteiger partial charge is 0.344 e. The summed E-state index contributed by atoms with van der Waals surface area (Å²) in [6.45, 7) is 2.04. The van der Waals surface area contributed by atoms with E-state index in [1.54, 1.807) is 6.92 Å². The lowest BCUT2D eigenvalue weighted by atomic mass is 10.1. The van der Waals surface area contributed by atoms with Gasteiger partial charge in [0.15, 0.2) is 6.61 Å². The van der Waals surface area contributed by atoms with Crippen molar-refractivity contribution in [1.82, 2.24) is 0 Å². The molecule has 2 rings (SSSR count). The van der Waals surface area contributed by atoms with E-state index in [-0.39, 0.29) is 12.6 Å². The first-order chi connectivity index (χ1) is 9.70. The number of hydrogen-bond donors (Lipinski definition) is 0. The van der Waals surface area contributed by atoms with E-state index in [0.29, 0.717) is 12.4 Å². The summed E-state index contributed by atoms with van der Waals surface area (Å²) in [5, 5.41) is 0. The van der Waals surface area contributed by atoms with Crippen molar-refractivity contribution in [2.75, 3.05) is 13.2 Å². The first-order valence-corrected chi connectivity index (χ1v) is 7.13. The third-order valence-electron chi connectivity index (χ3n) is 2.69. The summed E-state index contributed by atoms with van der Waals surface area (Å²) in [5.74, 6) is 0.254. The van der Waals surface area contributed by atoms with Crippen LogP contribution in [0.5, 0.6) is 5.75 Å². The average Bonchev–Trinajstić information content (AvgIpc) is 2.47. The highest BCUT2D eigenvalue weighted by Crippen LogP contribution is 2.30. The van der Waals surface area contributed by atoms with Gasteiger partial charge in [0.1, 0.15) is 5.75 Å². The maximum Gasteiger partial charge on any atom is 0.344 e. The van der Waals surface area contributed by atoms with Gasteiger partial charge in [-0.3, -0.25) is 0 Å². The monoisotopic (exact) mass is 334 g/mol. The minimum absolute atomic E-state index is 0.0862. The van der Waals surface area contributed by atoms with Crippen LogP contribution in [0.2, 0.25) is 0 Å². The molecule has 4 heteroatoms. The van der Waals surface area contributed by atoms with Crippen LogP contribution in [0.25, 0.3) is 11.1 Å². The minimum atomic E-state index is -0.369. The summed E-state index contributed by atoms with van der Waals surface area (Å²) < 4.78 is 11.0. The highest BCUT2D eigenvalue weighted by atomic mass is 79.9. The fraction of sp³-hybridized carbons (Fsp3) is 0.188. The van der Waals surface area contributed by atoms with Crippen LogP contribution in [-0.2, 0) is 9.53 Å². The van der Waals surface area contributed by atoms with Crippen LogP contribution in [0.15, 0.2) is 53.0 Å². The lowest BCUT2D eigenvalue weighted by Crippen LogP contribution is -2.14. The van der Waals surface area contributed by atoms with Crippen molar-refractivity contribution in [1.29, 1.82) is 0 Å². The highest BCUT2D eigenvalue weighted by Gasteiger charge is 2.07. The zero-order chi connectivity index (χ0) is 14.4. The normalized spacial score (nSPS) is 10.1. The fourth-order valence-corrected chi connectivity index (χ4v) is 2.26. The topological polar surface area (TPSA) is 35.5 Å². The third kappa shape index (κ3) is 3.84. The van der Waals surface area contributed by atoms with Gasteiger partial charge in [0.05, 0.1) is 11.1 Å². The molecule has 3 nitrogen and oxygen atoms in total. The van der Waals surface area contributed by atoms with Crippen LogP contribution >= 0.6 is 15.9 Å². The van der Waals surface area contributed by atoms with Gasteiger partial charge in [0.25, 0.3) is 0 Å². The van der Waals surface area contributed by atoms with E-state index in [9.17, 15) is 4.79 Å². The number of carbonyl (C=O) groups excluding carboxylic acids is 1. The molecule has 0 aliphatic rings. The van der Waals surface area contributed by atoms with E-state index in [1.807, 2.05) is 48.5 Å². The molecule has 0 N–H and O–H groups in total. The molecular formula is C16H15BrO3. The molecule has 0 heterocycles. The number of halogens is 1. The molecular weight excluding hydrogens is 320 g/mol. The summed E-state index contributed by atoms with van der Waals surface area (Å²) in [4.78, 5) is 11.3. The lowest BCUT2D eigenvalue weighted by Gasteiger charge is -2.09. The van der Waals surface area contributed by atoms with Gasteiger partial charge in [-0.05, 0) is 46.1 Å². The van der Waals surface area contributed by atoms with Crippen LogP contribution in [0.4, 0.5) is 0 Å². The molecule has 2 aromatic rings. The van der Waals surface area contributed by atoms with E-state index < -0.39 is 0 Å². The van der Waals surface area contributed by atoms with Gasteiger partial charge in [-0.15, -0.1) is 0 Å². The zero-order valence-corrected chi connectivity index (χ0v) is 12.7. The Morgan fingerprint density at radius 1 is 1.10 bits per heavy atom. The number of rotatable bonds is 5. The van der Waals surface area contributed by atoms with Crippen LogP contribution in [-0.4, -0.2) is 19.2 Å². The van der Waals surface area contributed by atoms with Crippen molar-refractivity contribution >= 4 is 21.9 Å². The Hall–Kier alpha value is -1.81. The molecule has 0 radical (unpaired) electrons. The summed E-state index contributed by atoms with van der Waals surface area (Å²) in [7, 11) is 0. The summed E-state index contributed by atoms with van der Waals surface area (Å²) in [5.41, 5.74) is 2.21. The van der Waals surface area contributed by atoms with Crippen molar-refractivity contribution in [3.63, 3.8) is 0 Å². The molecule has 2 aromatic carbocycles. The second kappa shape index (κ2) is 7.10. The molecule has 0 amide bonds.